The molecule has 2 aliphatic rings. The lowest BCUT2D eigenvalue weighted by atomic mass is 9.70. The van der Waals surface area contributed by atoms with Gasteiger partial charge in [0.05, 0.1) is 6.10 Å². The third-order valence-electron chi connectivity index (χ3n) is 5.03. The second kappa shape index (κ2) is 7.90. The zero-order valence-corrected chi connectivity index (χ0v) is 11.9. The molecule has 0 saturated heterocycles. The van der Waals surface area contributed by atoms with Crippen molar-refractivity contribution >= 4 is 0 Å². The van der Waals surface area contributed by atoms with Crippen molar-refractivity contribution in [1.82, 2.24) is 0 Å². The van der Waals surface area contributed by atoms with Gasteiger partial charge in [0.1, 0.15) is 6.67 Å². The molecular weight excluding hydrogens is 239 g/mol. The minimum Gasteiger partial charge on any atom is -0.393 e. The van der Waals surface area contributed by atoms with Crippen molar-refractivity contribution < 1.29 is 9.50 Å². The third kappa shape index (κ3) is 4.80. The molecule has 0 atom stereocenters. The second-order valence-electron chi connectivity index (χ2n) is 6.35. The fourth-order valence-corrected chi connectivity index (χ4v) is 3.79. The smallest absolute Gasteiger partial charge is 0.100 e. The largest absolute Gasteiger partial charge is 0.393 e. The van der Waals surface area contributed by atoms with Gasteiger partial charge in [-0.25, -0.2) is 0 Å². The van der Waals surface area contributed by atoms with E-state index in [4.69, 9.17) is 0 Å². The normalized spacial score (nSPS) is 35.5. The van der Waals surface area contributed by atoms with E-state index < -0.39 is 0 Å². The van der Waals surface area contributed by atoms with Crippen LogP contribution in [0.5, 0.6) is 0 Å². The topological polar surface area (TPSA) is 20.2 Å². The Hall–Kier alpha value is -0.550. The molecule has 0 spiro atoms. The maximum absolute atomic E-state index is 11.9. The fraction of sp³-hybridized carbons (Fsp3) is 0.882. The van der Waals surface area contributed by atoms with E-state index in [-0.39, 0.29) is 12.8 Å². The van der Waals surface area contributed by atoms with Crippen LogP contribution in [0.15, 0.2) is 0 Å². The molecule has 2 aliphatic carbocycles. The van der Waals surface area contributed by atoms with Gasteiger partial charge in [-0.15, -0.1) is 11.8 Å². The van der Waals surface area contributed by atoms with Crippen LogP contribution in [0.1, 0.15) is 64.2 Å². The lowest BCUT2D eigenvalue weighted by molar-refractivity contribution is 0.0773. The summed E-state index contributed by atoms with van der Waals surface area (Å²) in [6, 6.07) is 0. The van der Waals surface area contributed by atoms with E-state index in [1.165, 1.54) is 38.5 Å². The molecule has 2 rings (SSSR count). The van der Waals surface area contributed by atoms with Crippen molar-refractivity contribution in [2.75, 3.05) is 6.67 Å². The Labute approximate surface area is 117 Å². The van der Waals surface area contributed by atoms with Crippen LogP contribution in [-0.4, -0.2) is 17.9 Å². The van der Waals surface area contributed by atoms with Crippen molar-refractivity contribution in [2.24, 2.45) is 17.8 Å². The Morgan fingerprint density at radius 1 is 0.842 bits per heavy atom. The monoisotopic (exact) mass is 266 g/mol. The summed E-state index contributed by atoms with van der Waals surface area (Å²) in [5.41, 5.74) is 0. The number of aliphatic hydroxyl groups excluding tert-OH is 1. The molecule has 2 saturated carbocycles. The summed E-state index contributed by atoms with van der Waals surface area (Å²) >= 11 is 0. The first-order chi connectivity index (χ1) is 9.29. The summed E-state index contributed by atoms with van der Waals surface area (Å²) in [4.78, 5) is 0. The average molecular weight is 266 g/mol. The summed E-state index contributed by atoms with van der Waals surface area (Å²) in [6.07, 6.45) is 11.1. The SMILES string of the molecule is OC1CCC(C2CCC(CC#CCCF)CC2)CC1. The number of halogens is 1. The van der Waals surface area contributed by atoms with Crippen LogP contribution in [0.25, 0.3) is 0 Å². The highest BCUT2D eigenvalue weighted by atomic mass is 19.1. The molecule has 0 bridgehead atoms. The predicted molar refractivity (Wildman–Crippen MR) is 76.4 cm³/mol. The Morgan fingerprint density at radius 2 is 1.42 bits per heavy atom. The molecule has 2 heteroatoms. The minimum atomic E-state index is -0.312. The number of hydrogen-bond acceptors (Lipinski definition) is 1. The van der Waals surface area contributed by atoms with Gasteiger partial charge in [0.15, 0.2) is 0 Å². The third-order valence-corrected chi connectivity index (χ3v) is 5.03. The Balaban J connectivity index is 1.66. The van der Waals surface area contributed by atoms with E-state index in [1.807, 2.05) is 0 Å². The average Bonchev–Trinajstić information content (AvgIpc) is 2.45. The molecule has 0 aliphatic heterocycles. The van der Waals surface area contributed by atoms with Gasteiger partial charge < -0.3 is 5.11 Å². The van der Waals surface area contributed by atoms with Crippen LogP contribution in [0, 0.1) is 29.6 Å². The molecular formula is C17H27FO. The van der Waals surface area contributed by atoms with Crippen LogP contribution >= 0.6 is 0 Å². The zero-order chi connectivity index (χ0) is 13.5. The summed E-state index contributed by atoms with van der Waals surface area (Å²) in [5, 5.41) is 9.57. The Morgan fingerprint density at radius 3 is 2.00 bits per heavy atom. The van der Waals surface area contributed by atoms with Gasteiger partial charge >= 0.3 is 0 Å². The predicted octanol–water partition coefficient (Wildman–Crippen LogP) is 4.10. The van der Waals surface area contributed by atoms with Crippen molar-refractivity contribution in [3.05, 3.63) is 0 Å². The summed E-state index contributed by atoms with van der Waals surface area (Å²) in [5.74, 6) is 8.54. The molecule has 19 heavy (non-hydrogen) atoms. The molecule has 2 fully saturated rings. The van der Waals surface area contributed by atoms with Gasteiger partial charge in [0.25, 0.3) is 0 Å². The van der Waals surface area contributed by atoms with Gasteiger partial charge in [-0.2, -0.15) is 0 Å². The molecule has 0 unspecified atom stereocenters. The van der Waals surface area contributed by atoms with Crippen molar-refractivity contribution in [2.45, 2.75) is 70.3 Å². The first kappa shape index (κ1) is 14.9. The molecule has 108 valence electrons. The summed E-state index contributed by atoms with van der Waals surface area (Å²) in [6.45, 7) is -0.312. The highest BCUT2D eigenvalue weighted by Gasteiger charge is 2.29. The van der Waals surface area contributed by atoms with E-state index in [0.717, 1.165) is 37.0 Å². The van der Waals surface area contributed by atoms with Gasteiger partial charge in [0.2, 0.25) is 0 Å². The van der Waals surface area contributed by atoms with Crippen LogP contribution in [0.4, 0.5) is 4.39 Å². The highest BCUT2D eigenvalue weighted by Crippen LogP contribution is 2.40. The van der Waals surface area contributed by atoms with Crippen LogP contribution in [0.2, 0.25) is 0 Å². The maximum Gasteiger partial charge on any atom is 0.100 e. The number of alkyl halides is 1. The maximum atomic E-state index is 11.9. The van der Waals surface area contributed by atoms with Gasteiger partial charge in [-0.3, -0.25) is 4.39 Å². The van der Waals surface area contributed by atoms with Crippen molar-refractivity contribution in [3.63, 3.8) is 0 Å². The van der Waals surface area contributed by atoms with E-state index in [0.29, 0.717) is 6.42 Å². The van der Waals surface area contributed by atoms with Gasteiger partial charge in [0, 0.05) is 12.8 Å². The highest BCUT2D eigenvalue weighted by molar-refractivity contribution is 5.00. The Bertz CT molecular complexity index is 301. The molecule has 0 amide bonds. The van der Waals surface area contributed by atoms with E-state index in [2.05, 4.69) is 11.8 Å². The number of aliphatic hydroxyl groups is 1. The van der Waals surface area contributed by atoms with Crippen LogP contribution in [-0.2, 0) is 0 Å². The summed E-state index contributed by atoms with van der Waals surface area (Å²) in [7, 11) is 0. The second-order valence-corrected chi connectivity index (χ2v) is 6.35. The molecule has 0 radical (unpaired) electrons. The zero-order valence-electron chi connectivity index (χ0n) is 11.9. The van der Waals surface area contributed by atoms with E-state index in [1.54, 1.807) is 0 Å². The molecule has 1 N–H and O–H groups in total. The number of hydrogen-bond donors (Lipinski definition) is 1. The molecule has 0 heterocycles. The van der Waals surface area contributed by atoms with E-state index >= 15 is 0 Å². The van der Waals surface area contributed by atoms with Gasteiger partial charge in [-0.1, -0.05) is 0 Å². The fourth-order valence-electron chi connectivity index (χ4n) is 3.79. The lowest BCUT2D eigenvalue weighted by Crippen LogP contribution is -2.27. The first-order valence-electron chi connectivity index (χ1n) is 7.99. The van der Waals surface area contributed by atoms with Crippen LogP contribution < -0.4 is 0 Å². The molecule has 0 aromatic rings. The first-order valence-corrected chi connectivity index (χ1v) is 7.99. The van der Waals surface area contributed by atoms with Crippen molar-refractivity contribution in [3.8, 4) is 11.8 Å². The van der Waals surface area contributed by atoms with Crippen molar-refractivity contribution in [1.29, 1.82) is 0 Å². The minimum absolute atomic E-state index is 0.0293. The Kier molecular flexibility index (Phi) is 6.17. The summed E-state index contributed by atoms with van der Waals surface area (Å²) < 4.78 is 11.9. The lowest BCUT2D eigenvalue weighted by Gasteiger charge is -2.36. The quantitative estimate of drug-likeness (QED) is 0.763. The number of rotatable bonds is 3. The van der Waals surface area contributed by atoms with Gasteiger partial charge in [-0.05, 0) is 69.1 Å². The van der Waals surface area contributed by atoms with Crippen LogP contribution in [0.3, 0.4) is 0 Å². The molecule has 0 aromatic carbocycles. The molecule has 1 nitrogen and oxygen atoms in total. The standard InChI is InChI=1S/C17H27FO/c18-13-3-1-2-4-14-5-7-15(8-6-14)16-9-11-17(19)12-10-16/h14-17,19H,3-13H2. The molecule has 0 aromatic heterocycles. The van der Waals surface area contributed by atoms with E-state index in [9.17, 15) is 9.50 Å².